The van der Waals surface area contributed by atoms with Gasteiger partial charge in [-0.25, -0.2) is 0 Å². The Hall–Kier alpha value is -1.45. The van der Waals surface area contributed by atoms with Crippen molar-refractivity contribution in [3.8, 4) is 5.75 Å². The quantitative estimate of drug-likeness (QED) is 0.861. The second-order valence-electron chi connectivity index (χ2n) is 4.85. The molecule has 3 heteroatoms. The van der Waals surface area contributed by atoms with Crippen molar-refractivity contribution in [2.45, 2.75) is 24.8 Å². The van der Waals surface area contributed by atoms with E-state index in [4.69, 9.17) is 10.5 Å². The van der Waals surface area contributed by atoms with Gasteiger partial charge in [0.05, 0.1) is 13.2 Å². The highest BCUT2D eigenvalue weighted by Crippen LogP contribution is 2.35. The Morgan fingerprint density at radius 3 is 2.40 bits per heavy atom. The third kappa shape index (κ3) is 2.69. The molecule has 2 N–H and O–H groups in total. The molecule has 0 radical (unpaired) electrons. The van der Waals surface area contributed by atoms with E-state index in [9.17, 15) is 0 Å². The van der Waals surface area contributed by atoms with Gasteiger partial charge in [-0.3, -0.25) is 0 Å². The highest BCUT2D eigenvalue weighted by atomic mass is 32.2. The number of hydrogen-bond donors (Lipinski definition) is 1. The van der Waals surface area contributed by atoms with Crippen molar-refractivity contribution in [1.82, 2.24) is 0 Å². The Morgan fingerprint density at radius 1 is 1.05 bits per heavy atom. The number of hydrogen-bond acceptors (Lipinski definition) is 3. The molecule has 2 rings (SSSR count). The summed E-state index contributed by atoms with van der Waals surface area (Å²) in [5.41, 5.74) is 11.0. The van der Waals surface area contributed by atoms with Gasteiger partial charge in [-0.1, -0.05) is 30.3 Å². The van der Waals surface area contributed by atoms with Gasteiger partial charge in [0.15, 0.2) is 0 Å². The highest BCUT2D eigenvalue weighted by Gasteiger charge is 2.18. The van der Waals surface area contributed by atoms with E-state index in [2.05, 4.69) is 44.4 Å². The molecule has 1 unspecified atom stereocenters. The van der Waals surface area contributed by atoms with Gasteiger partial charge < -0.3 is 10.5 Å². The van der Waals surface area contributed by atoms with Crippen LogP contribution >= 0.6 is 11.8 Å². The van der Waals surface area contributed by atoms with Crippen molar-refractivity contribution in [1.29, 1.82) is 0 Å². The summed E-state index contributed by atoms with van der Waals surface area (Å²) >= 11 is 1.72. The summed E-state index contributed by atoms with van der Waals surface area (Å²) in [6, 6.07) is 12.3. The number of benzene rings is 2. The van der Waals surface area contributed by atoms with Crippen LogP contribution < -0.4 is 10.5 Å². The first-order valence-electron chi connectivity index (χ1n) is 6.62. The van der Waals surface area contributed by atoms with E-state index in [0.29, 0.717) is 0 Å². The fourth-order valence-corrected chi connectivity index (χ4v) is 3.06. The van der Waals surface area contributed by atoms with Gasteiger partial charge in [-0.2, -0.15) is 0 Å². The van der Waals surface area contributed by atoms with Crippen molar-refractivity contribution in [3.63, 3.8) is 0 Å². The lowest BCUT2D eigenvalue weighted by Crippen LogP contribution is -2.14. The van der Waals surface area contributed by atoms with Crippen LogP contribution in [0.4, 0.5) is 0 Å². The molecule has 0 spiro atoms. The highest BCUT2D eigenvalue weighted by molar-refractivity contribution is 7.98. The van der Waals surface area contributed by atoms with Crippen LogP contribution in [0.5, 0.6) is 5.75 Å². The lowest BCUT2D eigenvalue weighted by molar-refractivity contribution is 0.404. The number of methoxy groups -OCH3 is 1. The molecule has 106 valence electrons. The van der Waals surface area contributed by atoms with Gasteiger partial charge in [-0.05, 0) is 42.9 Å². The van der Waals surface area contributed by atoms with Gasteiger partial charge >= 0.3 is 0 Å². The molecular weight excluding hydrogens is 266 g/mol. The van der Waals surface area contributed by atoms with Crippen molar-refractivity contribution in [2.75, 3.05) is 13.4 Å². The fraction of sp³-hybridized carbons (Fsp3) is 0.294. The average molecular weight is 287 g/mol. The Labute approximate surface area is 125 Å². The maximum atomic E-state index is 6.49. The van der Waals surface area contributed by atoms with Crippen LogP contribution in [0.3, 0.4) is 0 Å². The van der Waals surface area contributed by atoms with Gasteiger partial charge in [0.2, 0.25) is 0 Å². The van der Waals surface area contributed by atoms with E-state index in [-0.39, 0.29) is 6.04 Å². The summed E-state index contributed by atoms with van der Waals surface area (Å²) in [6.45, 7) is 4.16. The molecular formula is C17H21NOS. The minimum atomic E-state index is -0.173. The van der Waals surface area contributed by atoms with Gasteiger partial charge in [0.25, 0.3) is 0 Å². The van der Waals surface area contributed by atoms with Crippen LogP contribution in [-0.4, -0.2) is 13.4 Å². The smallest absolute Gasteiger partial charge is 0.127 e. The molecule has 20 heavy (non-hydrogen) atoms. The zero-order valence-corrected chi connectivity index (χ0v) is 13.3. The molecule has 2 aromatic carbocycles. The van der Waals surface area contributed by atoms with Crippen LogP contribution in [0.15, 0.2) is 41.3 Å². The van der Waals surface area contributed by atoms with Gasteiger partial charge in [-0.15, -0.1) is 11.8 Å². The molecule has 2 nitrogen and oxygen atoms in total. The molecule has 0 aliphatic heterocycles. The lowest BCUT2D eigenvalue weighted by Gasteiger charge is -2.20. The van der Waals surface area contributed by atoms with E-state index in [1.807, 2.05) is 12.1 Å². The first kappa shape index (κ1) is 14.9. The average Bonchev–Trinajstić information content (AvgIpc) is 2.49. The molecule has 0 amide bonds. The number of thioether (sulfide) groups is 1. The molecule has 0 heterocycles. The third-order valence-electron chi connectivity index (χ3n) is 3.72. The second kappa shape index (κ2) is 6.33. The predicted molar refractivity (Wildman–Crippen MR) is 86.7 cm³/mol. The molecule has 0 aliphatic rings. The fourth-order valence-electron chi connectivity index (χ4n) is 2.42. The first-order valence-corrected chi connectivity index (χ1v) is 7.85. The van der Waals surface area contributed by atoms with Gasteiger partial charge in [0.1, 0.15) is 5.75 Å². The number of rotatable bonds is 4. The van der Waals surface area contributed by atoms with E-state index in [1.54, 1.807) is 18.9 Å². The molecule has 0 saturated carbocycles. The van der Waals surface area contributed by atoms with Crippen LogP contribution in [0.2, 0.25) is 0 Å². The summed E-state index contributed by atoms with van der Waals surface area (Å²) in [6.07, 6.45) is 2.07. The van der Waals surface area contributed by atoms with Crippen LogP contribution in [0.1, 0.15) is 28.3 Å². The molecule has 1 atom stereocenters. The van der Waals surface area contributed by atoms with Gasteiger partial charge in [0, 0.05) is 10.5 Å². The Morgan fingerprint density at radius 2 is 1.75 bits per heavy atom. The maximum absolute atomic E-state index is 6.49. The van der Waals surface area contributed by atoms with Crippen molar-refractivity contribution >= 4 is 11.8 Å². The number of aryl methyl sites for hydroxylation is 1. The number of ether oxygens (including phenoxy) is 1. The monoisotopic (exact) mass is 287 g/mol. The lowest BCUT2D eigenvalue weighted by atomic mass is 9.95. The van der Waals surface area contributed by atoms with Crippen molar-refractivity contribution in [2.24, 2.45) is 5.73 Å². The minimum absolute atomic E-state index is 0.173. The maximum Gasteiger partial charge on any atom is 0.127 e. The molecule has 0 aliphatic carbocycles. The molecule has 2 aromatic rings. The summed E-state index contributed by atoms with van der Waals surface area (Å²) in [5, 5.41) is 0. The number of nitrogens with two attached hydrogens (primary N) is 1. The molecule has 0 fully saturated rings. The standard InChI is InChI=1S/C17H21NOS/c1-11-9-10-14(17(19-3)12(11)2)16(18)13-7-5-6-8-15(13)20-4/h5-10,16H,18H2,1-4H3. The molecule has 0 aromatic heterocycles. The van der Waals surface area contributed by atoms with Crippen LogP contribution in [0.25, 0.3) is 0 Å². The summed E-state index contributed by atoms with van der Waals surface area (Å²) in [5.74, 6) is 0.897. The summed E-state index contributed by atoms with van der Waals surface area (Å²) in [4.78, 5) is 1.21. The minimum Gasteiger partial charge on any atom is -0.496 e. The topological polar surface area (TPSA) is 35.2 Å². The second-order valence-corrected chi connectivity index (χ2v) is 5.70. The SMILES string of the molecule is COc1c(C(N)c2ccccc2SC)ccc(C)c1C. The van der Waals surface area contributed by atoms with Crippen LogP contribution in [0, 0.1) is 13.8 Å². The van der Waals surface area contributed by atoms with Crippen molar-refractivity contribution < 1.29 is 4.74 Å². The van der Waals surface area contributed by atoms with E-state index < -0.39 is 0 Å². The Bertz CT molecular complexity index is 610. The van der Waals surface area contributed by atoms with E-state index in [0.717, 1.165) is 22.4 Å². The first-order chi connectivity index (χ1) is 9.60. The zero-order chi connectivity index (χ0) is 14.7. The zero-order valence-electron chi connectivity index (χ0n) is 12.4. The Kier molecular flexibility index (Phi) is 4.73. The molecule has 0 saturated heterocycles. The van der Waals surface area contributed by atoms with E-state index >= 15 is 0 Å². The van der Waals surface area contributed by atoms with Crippen molar-refractivity contribution in [3.05, 3.63) is 58.7 Å². The largest absolute Gasteiger partial charge is 0.496 e. The third-order valence-corrected chi connectivity index (χ3v) is 4.53. The molecule has 0 bridgehead atoms. The normalized spacial score (nSPS) is 12.2. The predicted octanol–water partition coefficient (Wildman–Crippen LogP) is 4.08. The van der Waals surface area contributed by atoms with Crippen LogP contribution in [-0.2, 0) is 0 Å². The van der Waals surface area contributed by atoms with E-state index in [1.165, 1.54) is 10.5 Å². The summed E-state index contributed by atoms with van der Waals surface area (Å²) < 4.78 is 5.59. The Balaban J connectivity index is 2.53. The summed E-state index contributed by atoms with van der Waals surface area (Å²) in [7, 11) is 1.71.